The van der Waals surface area contributed by atoms with Gasteiger partial charge in [-0.25, -0.2) is 23.9 Å². The van der Waals surface area contributed by atoms with Crippen LogP contribution in [0.2, 0.25) is 0 Å². The zero-order valence-electron chi connectivity index (χ0n) is 17.0. The molecule has 6 N–H and O–H groups in total. The molecule has 2 aromatic heterocycles. The normalized spacial score (nSPS) is 9.16. The summed E-state index contributed by atoms with van der Waals surface area (Å²) in [5.41, 5.74) is 12.7. The summed E-state index contributed by atoms with van der Waals surface area (Å²) >= 11 is 0. The molecular weight excluding hydrogens is 411 g/mol. The van der Waals surface area contributed by atoms with Crippen LogP contribution >= 0.6 is 0 Å². The van der Waals surface area contributed by atoms with E-state index in [-0.39, 0.29) is 5.82 Å². The van der Waals surface area contributed by atoms with Crippen molar-refractivity contribution in [3.63, 3.8) is 0 Å². The van der Waals surface area contributed by atoms with Gasteiger partial charge >= 0.3 is 12.1 Å². The highest BCUT2D eigenvalue weighted by atomic mass is 19.1. The number of nitrogens with two attached hydrogens (primary N) is 2. The van der Waals surface area contributed by atoms with Gasteiger partial charge in [0, 0.05) is 29.1 Å². The Labute approximate surface area is 184 Å². The maximum absolute atomic E-state index is 13.0. The van der Waals surface area contributed by atoms with E-state index >= 15 is 0 Å². The van der Waals surface area contributed by atoms with Crippen molar-refractivity contribution in [3.05, 3.63) is 82.9 Å². The van der Waals surface area contributed by atoms with Gasteiger partial charge in [0.15, 0.2) is 0 Å². The number of terminal acetylenes is 1. The van der Waals surface area contributed by atoms with Crippen LogP contribution in [0.15, 0.2) is 54.9 Å². The number of benzene rings is 1. The van der Waals surface area contributed by atoms with Crippen LogP contribution in [0.4, 0.5) is 25.6 Å². The van der Waals surface area contributed by atoms with Crippen molar-refractivity contribution in [1.29, 1.82) is 0 Å². The highest BCUT2D eigenvalue weighted by Crippen LogP contribution is 2.10. The second kappa shape index (κ2) is 11.3. The zero-order valence-corrected chi connectivity index (χ0v) is 17.0. The fourth-order valence-electron chi connectivity index (χ4n) is 2.32. The summed E-state index contributed by atoms with van der Waals surface area (Å²) in [4.78, 5) is 28.9. The Morgan fingerprint density at radius 1 is 0.906 bits per heavy atom. The van der Waals surface area contributed by atoms with Crippen molar-refractivity contribution in [2.75, 3.05) is 10.6 Å². The summed E-state index contributed by atoms with van der Waals surface area (Å²) in [6.07, 6.45) is 8.15. The van der Waals surface area contributed by atoms with Crippen LogP contribution < -0.4 is 22.1 Å². The van der Waals surface area contributed by atoms with E-state index in [1.54, 1.807) is 37.3 Å². The molecule has 2 heterocycles. The molecule has 0 aliphatic rings. The molecule has 0 aliphatic heterocycles. The van der Waals surface area contributed by atoms with E-state index in [0.29, 0.717) is 22.8 Å². The van der Waals surface area contributed by atoms with Crippen LogP contribution in [0.3, 0.4) is 0 Å². The fourth-order valence-corrected chi connectivity index (χ4v) is 2.32. The molecule has 0 saturated carbocycles. The standard InChI is InChI=1S/C15H12FN3O.C8H7N3O/c1-10-8-13(16)5-4-12(10)3-2-11-6-7-18-14(9-11)19-15(17)20;1-2-6-3-4-10-7(5-6)11-8(9)12/h4-9H,1H3,(H3,17,18,19,20);1,3-5H,(H3,9,10,11,12). The Bertz CT molecular complexity index is 1240. The largest absolute Gasteiger partial charge is 0.351 e. The second-order valence-corrected chi connectivity index (χ2v) is 6.19. The molecule has 1 aromatic carbocycles. The molecule has 0 atom stereocenters. The maximum atomic E-state index is 13.0. The number of nitrogens with one attached hydrogen (secondary N) is 2. The first-order chi connectivity index (χ1) is 15.3. The number of pyridine rings is 2. The van der Waals surface area contributed by atoms with E-state index in [4.69, 9.17) is 17.9 Å². The van der Waals surface area contributed by atoms with Crippen LogP contribution in [-0.2, 0) is 0 Å². The summed E-state index contributed by atoms with van der Waals surface area (Å²) < 4.78 is 13.0. The number of amides is 4. The van der Waals surface area contributed by atoms with Crippen LogP contribution in [-0.4, -0.2) is 22.0 Å². The highest BCUT2D eigenvalue weighted by molar-refractivity contribution is 5.87. The van der Waals surface area contributed by atoms with Gasteiger partial charge in [-0.05, 0) is 55.0 Å². The fraction of sp³-hybridized carbons (Fsp3) is 0.0435. The van der Waals surface area contributed by atoms with E-state index in [1.807, 2.05) is 0 Å². The van der Waals surface area contributed by atoms with Gasteiger partial charge in [0.05, 0.1) is 0 Å². The van der Waals surface area contributed by atoms with Gasteiger partial charge in [-0.1, -0.05) is 17.8 Å². The van der Waals surface area contributed by atoms with E-state index < -0.39 is 12.1 Å². The minimum Gasteiger partial charge on any atom is -0.351 e. The average molecular weight is 430 g/mol. The van der Waals surface area contributed by atoms with Crippen molar-refractivity contribution < 1.29 is 14.0 Å². The van der Waals surface area contributed by atoms with E-state index in [0.717, 1.165) is 11.1 Å². The number of hydrogen-bond acceptors (Lipinski definition) is 4. The second-order valence-electron chi connectivity index (χ2n) is 6.19. The van der Waals surface area contributed by atoms with Crippen molar-refractivity contribution in [2.45, 2.75) is 6.92 Å². The monoisotopic (exact) mass is 430 g/mol. The summed E-state index contributed by atoms with van der Waals surface area (Å²) in [6.45, 7) is 1.79. The Morgan fingerprint density at radius 3 is 2.00 bits per heavy atom. The number of carbonyl (C=O) groups excluding carboxylic acids is 2. The lowest BCUT2D eigenvalue weighted by atomic mass is 10.1. The smallest absolute Gasteiger partial charge is 0.317 e. The van der Waals surface area contributed by atoms with Gasteiger partial charge in [0.2, 0.25) is 0 Å². The van der Waals surface area contributed by atoms with Crippen molar-refractivity contribution in [2.24, 2.45) is 11.5 Å². The van der Waals surface area contributed by atoms with Crippen LogP contribution in [0.25, 0.3) is 0 Å². The number of nitrogens with zero attached hydrogens (tertiary/aromatic N) is 2. The van der Waals surface area contributed by atoms with Crippen molar-refractivity contribution in [1.82, 2.24) is 9.97 Å². The van der Waals surface area contributed by atoms with Gasteiger partial charge in [-0.3, -0.25) is 10.6 Å². The lowest BCUT2D eigenvalue weighted by Gasteiger charge is -2.00. The molecule has 3 rings (SSSR count). The third kappa shape index (κ3) is 7.85. The predicted molar refractivity (Wildman–Crippen MR) is 120 cm³/mol. The molecular formula is C23H19FN6O2. The van der Waals surface area contributed by atoms with Crippen LogP contribution in [0.1, 0.15) is 22.3 Å². The van der Waals surface area contributed by atoms with E-state index in [9.17, 15) is 14.0 Å². The molecule has 9 heteroatoms. The number of primary amides is 2. The van der Waals surface area contributed by atoms with Gasteiger partial charge < -0.3 is 11.5 Å². The number of hydrogen-bond donors (Lipinski definition) is 4. The molecule has 0 aliphatic carbocycles. The summed E-state index contributed by atoms with van der Waals surface area (Å²) in [5, 5.41) is 4.68. The minimum absolute atomic E-state index is 0.287. The number of aromatic nitrogens is 2. The Morgan fingerprint density at radius 2 is 1.47 bits per heavy atom. The number of urea groups is 2. The van der Waals surface area contributed by atoms with Gasteiger partial charge in [-0.2, -0.15) is 0 Å². The van der Waals surface area contributed by atoms with Crippen LogP contribution in [0.5, 0.6) is 0 Å². The summed E-state index contributed by atoms with van der Waals surface area (Å²) in [7, 11) is 0. The summed E-state index contributed by atoms with van der Waals surface area (Å²) in [6, 6.07) is 9.61. The van der Waals surface area contributed by atoms with Gasteiger partial charge in [-0.15, -0.1) is 6.42 Å². The molecule has 160 valence electrons. The Hall–Kier alpha value is -4.89. The molecule has 0 unspecified atom stereocenters. The first kappa shape index (κ1) is 23.4. The lowest BCUT2D eigenvalue weighted by Crippen LogP contribution is -2.19. The molecule has 32 heavy (non-hydrogen) atoms. The quantitative estimate of drug-likeness (QED) is 0.465. The first-order valence-electron chi connectivity index (χ1n) is 9.06. The molecule has 3 aromatic rings. The SMILES string of the molecule is C#Cc1ccnc(NC(N)=O)c1.Cc1cc(F)ccc1C#Cc1ccnc(NC(N)=O)c1. The van der Waals surface area contributed by atoms with Gasteiger partial charge in [0.1, 0.15) is 17.5 Å². The Balaban J connectivity index is 0.000000258. The van der Waals surface area contributed by atoms with Crippen LogP contribution in [0, 0.1) is 36.9 Å². The molecule has 4 amide bonds. The Kier molecular flexibility index (Phi) is 8.29. The van der Waals surface area contributed by atoms with E-state index in [1.165, 1.54) is 24.5 Å². The number of halogens is 1. The topological polar surface area (TPSA) is 136 Å². The molecule has 0 saturated heterocycles. The lowest BCUT2D eigenvalue weighted by molar-refractivity contribution is 0.258. The van der Waals surface area contributed by atoms with Crippen molar-refractivity contribution in [3.8, 4) is 24.2 Å². The zero-order chi connectivity index (χ0) is 23.5. The minimum atomic E-state index is -0.683. The number of rotatable bonds is 2. The molecule has 0 fully saturated rings. The molecule has 8 nitrogen and oxygen atoms in total. The van der Waals surface area contributed by atoms with Gasteiger partial charge in [0.25, 0.3) is 0 Å². The first-order valence-corrected chi connectivity index (χ1v) is 9.06. The summed E-state index contributed by atoms with van der Waals surface area (Å²) in [5.74, 6) is 8.69. The predicted octanol–water partition coefficient (Wildman–Crippen LogP) is 2.97. The number of anilines is 2. The molecule has 0 radical (unpaired) electrons. The molecule has 0 bridgehead atoms. The highest BCUT2D eigenvalue weighted by Gasteiger charge is 1.99. The van der Waals surface area contributed by atoms with E-state index in [2.05, 4.69) is 38.4 Å². The average Bonchev–Trinajstić information content (AvgIpc) is 2.73. The number of aryl methyl sites for hydroxylation is 1. The van der Waals surface area contributed by atoms with Crippen molar-refractivity contribution >= 4 is 23.7 Å². The number of carbonyl (C=O) groups is 2. The third-order valence-electron chi connectivity index (χ3n) is 3.72. The maximum Gasteiger partial charge on any atom is 0.317 e. The molecule has 0 spiro atoms. The third-order valence-corrected chi connectivity index (χ3v) is 3.72.